The number of hydrogen-bond donors (Lipinski definition) is 0. The number of ether oxygens (including phenoxy) is 2. The second-order valence-electron chi connectivity index (χ2n) is 4.25. The van der Waals surface area contributed by atoms with E-state index in [0.717, 1.165) is 5.56 Å². The van der Waals surface area contributed by atoms with Crippen molar-refractivity contribution in [1.29, 1.82) is 0 Å². The van der Waals surface area contributed by atoms with E-state index in [2.05, 4.69) is 15.0 Å². The maximum Gasteiger partial charge on any atom is 0.219 e. The average Bonchev–Trinajstić information content (AvgIpc) is 2.56. The molecule has 104 valence electrons. The number of pyridine rings is 3. The van der Waals surface area contributed by atoms with Crippen molar-refractivity contribution in [3.8, 4) is 17.5 Å². The van der Waals surface area contributed by atoms with Crippen molar-refractivity contribution in [3.63, 3.8) is 0 Å². The molecule has 0 spiro atoms. The molecule has 3 aromatic heterocycles. The molecule has 0 amide bonds. The minimum absolute atomic E-state index is 0.432. The Morgan fingerprint density at radius 2 is 1.81 bits per heavy atom. The standard InChI is InChI=1S/C16H13N3O2/c1-2-9-18-16(5-1)21-14-6-7-15(19-11-14)20-12-13-4-3-8-17-10-13/h1-11H,12H2. The van der Waals surface area contributed by atoms with Crippen LogP contribution in [-0.2, 0) is 6.61 Å². The third-order valence-corrected chi connectivity index (χ3v) is 2.68. The predicted octanol–water partition coefficient (Wildman–Crippen LogP) is 3.24. The molecular weight excluding hydrogens is 266 g/mol. The molecule has 0 aliphatic heterocycles. The molecule has 0 atom stereocenters. The lowest BCUT2D eigenvalue weighted by Crippen LogP contribution is -1.97. The summed E-state index contributed by atoms with van der Waals surface area (Å²) in [5, 5.41) is 0. The number of hydrogen-bond acceptors (Lipinski definition) is 5. The van der Waals surface area contributed by atoms with Crippen molar-refractivity contribution >= 4 is 0 Å². The predicted molar refractivity (Wildman–Crippen MR) is 77.1 cm³/mol. The minimum atomic E-state index is 0.432. The summed E-state index contributed by atoms with van der Waals surface area (Å²) in [5.74, 6) is 1.68. The van der Waals surface area contributed by atoms with E-state index >= 15 is 0 Å². The summed E-state index contributed by atoms with van der Waals surface area (Å²) < 4.78 is 11.1. The molecule has 3 rings (SSSR count). The highest BCUT2D eigenvalue weighted by Crippen LogP contribution is 2.20. The largest absolute Gasteiger partial charge is 0.473 e. The Bertz CT molecular complexity index is 673. The van der Waals surface area contributed by atoms with Gasteiger partial charge in [-0.3, -0.25) is 4.98 Å². The van der Waals surface area contributed by atoms with E-state index in [1.165, 1.54) is 0 Å². The molecule has 0 radical (unpaired) electrons. The lowest BCUT2D eigenvalue weighted by Gasteiger charge is -2.06. The topological polar surface area (TPSA) is 57.1 Å². The van der Waals surface area contributed by atoms with Gasteiger partial charge in [-0.15, -0.1) is 0 Å². The Balaban J connectivity index is 1.59. The minimum Gasteiger partial charge on any atom is -0.473 e. The van der Waals surface area contributed by atoms with Crippen molar-refractivity contribution in [2.75, 3.05) is 0 Å². The van der Waals surface area contributed by atoms with E-state index in [1.54, 1.807) is 43.0 Å². The van der Waals surface area contributed by atoms with Gasteiger partial charge >= 0.3 is 0 Å². The maximum atomic E-state index is 5.57. The second kappa shape index (κ2) is 6.47. The van der Waals surface area contributed by atoms with Crippen LogP contribution in [0.15, 0.2) is 67.3 Å². The third-order valence-electron chi connectivity index (χ3n) is 2.68. The van der Waals surface area contributed by atoms with Gasteiger partial charge in [0.1, 0.15) is 12.4 Å². The number of nitrogens with zero attached hydrogens (tertiary/aromatic N) is 3. The smallest absolute Gasteiger partial charge is 0.219 e. The van der Waals surface area contributed by atoms with E-state index in [-0.39, 0.29) is 0 Å². The Kier molecular flexibility index (Phi) is 4.02. The van der Waals surface area contributed by atoms with Crippen molar-refractivity contribution in [2.45, 2.75) is 6.61 Å². The van der Waals surface area contributed by atoms with Crippen LogP contribution in [0.2, 0.25) is 0 Å². The molecule has 21 heavy (non-hydrogen) atoms. The molecule has 0 aromatic carbocycles. The first-order valence-electron chi connectivity index (χ1n) is 6.47. The van der Waals surface area contributed by atoms with Crippen LogP contribution in [0.3, 0.4) is 0 Å². The zero-order chi connectivity index (χ0) is 14.3. The van der Waals surface area contributed by atoms with Gasteiger partial charge in [0, 0.05) is 36.3 Å². The average molecular weight is 279 g/mol. The van der Waals surface area contributed by atoms with E-state index in [1.807, 2.05) is 24.3 Å². The summed E-state index contributed by atoms with van der Waals surface area (Å²) in [4.78, 5) is 12.3. The van der Waals surface area contributed by atoms with Crippen LogP contribution in [-0.4, -0.2) is 15.0 Å². The van der Waals surface area contributed by atoms with Crippen LogP contribution in [0.5, 0.6) is 17.5 Å². The normalized spacial score (nSPS) is 10.1. The molecule has 0 saturated heterocycles. The first-order valence-corrected chi connectivity index (χ1v) is 6.47. The zero-order valence-corrected chi connectivity index (χ0v) is 11.2. The van der Waals surface area contributed by atoms with Crippen LogP contribution in [0, 0.1) is 0 Å². The van der Waals surface area contributed by atoms with Gasteiger partial charge in [-0.25, -0.2) is 9.97 Å². The maximum absolute atomic E-state index is 5.57. The molecule has 5 nitrogen and oxygen atoms in total. The van der Waals surface area contributed by atoms with Crippen molar-refractivity contribution in [1.82, 2.24) is 15.0 Å². The van der Waals surface area contributed by atoms with E-state index in [4.69, 9.17) is 9.47 Å². The highest BCUT2D eigenvalue weighted by molar-refractivity contribution is 5.27. The molecule has 5 heteroatoms. The third kappa shape index (κ3) is 3.76. The number of rotatable bonds is 5. The van der Waals surface area contributed by atoms with Crippen molar-refractivity contribution in [3.05, 3.63) is 72.8 Å². The summed E-state index contributed by atoms with van der Waals surface area (Å²) in [6.45, 7) is 0.432. The fourth-order valence-electron chi connectivity index (χ4n) is 1.68. The van der Waals surface area contributed by atoms with Gasteiger partial charge in [0.2, 0.25) is 11.8 Å². The molecule has 0 bridgehead atoms. The summed E-state index contributed by atoms with van der Waals surface area (Å²) in [6, 6.07) is 12.9. The van der Waals surface area contributed by atoms with Gasteiger partial charge in [-0.1, -0.05) is 12.1 Å². The van der Waals surface area contributed by atoms with Gasteiger partial charge in [0.15, 0.2) is 0 Å². The molecule has 0 fully saturated rings. The molecular formula is C16H13N3O2. The zero-order valence-electron chi connectivity index (χ0n) is 11.2. The van der Waals surface area contributed by atoms with Gasteiger partial charge in [0.25, 0.3) is 0 Å². The SMILES string of the molecule is c1ccc(Oc2ccc(OCc3cccnc3)nc2)nc1. The molecule has 0 aliphatic rings. The first-order chi connectivity index (χ1) is 10.4. The van der Waals surface area contributed by atoms with Crippen LogP contribution in [0.25, 0.3) is 0 Å². The fraction of sp³-hybridized carbons (Fsp3) is 0.0625. The van der Waals surface area contributed by atoms with Crippen LogP contribution in [0.1, 0.15) is 5.56 Å². The molecule has 0 saturated carbocycles. The van der Waals surface area contributed by atoms with Gasteiger partial charge in [-0.2, -0.15) is 0 Å². The summed E-state index contributed by atoms with van der Waals surface area (Å²) in [5.41, 5.74) is 0.994. The Morgan fingerprint density at radius 1 is 0.810 bits per heavy atom. The molecule has 0 N–H and O–H groups in total. The quantitative estimate of drug-likeness (QED) is 0.717. The van der Waals surface area contributed by atoms with Gasteiger partial charge in [0.05, 0.1) is 6.20 Å². The van der Waals surface area contributed by atoms with Gasteiger partial charge in [-0.05, 0) is 18.2 Å². The Labute approximate surface area is 122 Å². The van der Waals surface area contributed by atoms with Crippen LogP contribution in [0.4, 0.5) is 0 Å². The van der Waals surface area contributed by atoms with Crippen molar-refractivity contribution < 1.29 is 9.47 Å². The van der Waals surface area contributed by atoms with Crippen molar-refractivity contribution in [2.24, 2.45) is 0 Å². The summed E-state index contributed by atoms with van der Waals surface area (Å²) >= 11 is 0. The Morgan fingerprint density at radius 3 is 2.52 bits per heavy atom. The highest BCUT2D eigenvalue weighted by Gasteiger charge is 2.01. The summed E-state index contributed by atoms with van der Waals surface area (Å²) in [7, 11) is 0. The monoisotopic (exact) mass is 279 g/mol. The molecule has 0 aliphatic carbocycles. The second-order valence-corrected chi connectivity index (χ2v) is 4.25. The molecule has 3 aromatic rings. The van der Waals surface area contributed by atoms with Gasteiger partial charge < -0.3 is 9.47 Å². The fourth-order valence-corrected chi connectivity index (χ4v) is 1.68. The van der Waals surface area contributed by atoms with E-state index < -0.39 is 0 Å². The Hall–Kier alpha value is -2.95. The summed E-state index contributed by atoms with van der Waals surface area (Å²) in [6.07, 6.45) is 6.77. The van der Waals surface area contributed by atoms with Crippen LogP contribution >= 0.6 is 0 Å². The van der Waals surface area contributed by atoms with E-state index in [0.29, 0.717) is 24.1 Å². The first kappa shape index (κ1) is 13.1. The lowest BCUT2D eigenvalue weighted by molar-refractivity contribution is 0.292. The van der Waals surface area contributed by atoms with E-state index in [9.17, 15) is 0 Å². The highest BCUT2D eigenvalue weighted by atomic mass is 16.5. The lowest BCUT2D eigenvalue weighted by atomic mass is 10.3. The molecule has 0 unspecified atom stereocenters. The molecule has 3 heterocycles. The number of aromatic nitrogens is 3. The van der Waals surface area contributed by atoms with Crippen LogP contribution < -0.4 is 9.47 Å².